The maximum Gasteiger partial charge on any atom is 0.410 e. The molecule has 0 aliphatic carbocycles. The molecule has 4 aromatic carbocycles. The molecule has 392 valence electrons. The molecule has 0 aromatic heterocycles. The van der Waals surface area contributed by atoms with Gasteiger partial charge in [-0.05, 0) is 96.3 Å². The van der Waals surface area contributed by atoms with Crippen molar-refractivity contribution in [1.29, 1.82) is 0 Å². The highest BCUT2D eigenvalue weighted by Crippen LogP contribution is 2.48. The molecule has 4 aromatic rings. The van der Waals surface area contributed by atoms with Crippen molar-refractivity contribution < 1.29 is 37.8 Å². The number of rotatable bonds is 12. The minimum atomic E-state index is -1.91. The number of anilines is 2. The number of ether oxygens (including phenoxy) is 3. The van der Waals surface area contributed by atoms with Crippen LogP contribution in [0.3, 0.4) is 0 Å². The topological polar surface area (TPSA) is 126 Å². The van der Waals surface area contributed by atoms with Gasteiger partial charge in [-0.25, -0.2) is 9.59 Å². The first-order valence-electron chi connectivity index (χ1n) is 26.3. The van der Waals surface area contributed by atoms with E-state index in [2.05, 4.69) is 126 Å². The summed E-state index contributed by atoms with van der Waals surface area (Å²) in [5.41, 5.74) is 7.37. The number of carbonyl (C=O) groups excluding carboxylic acids is 2. The number of carbonyl (C=O) groups is 2. The van der Waals surface area contributed by atoms with Gasteiger partial charge in [0.1, 0.15) is 19.3 Å². The summed E-state index contributed by atoms with van der Waals surface area (Å²) in [5, 5.41) is 14.9. The molecule has 5 heterocycles. The number of likely N-dealkylation sites (tertiary alicyclic amines) is 2. The van der Waals surface area contributed by atoms with Crippen molar-refractivity contribution in [1.82, 2.24) is 9.80 Å². The van der Waals surface area contributed by atoms with Crippen molar-refractivity contribution in [3.8, 4) is 0 Å². The van der Waals surface area contributed by atoms with Gasteiger partial charge in [-0.2, -0.15) is 0 Å². The number of hydrogen-bond donors (Lipinski definition) is 2. The van der Waals surface area contributed by atoms with Crippen LogP contribution in [0.5, 0.6) is 0 Å². The first-order chi connectivity index (χ1) is 34.1. The monoisotopic (exact) mass is 1020 g/mol. The minimum Gasteiger partial charge on any atom is -0.445 e. The Bertz CT molecular complexity index is 2370. The largest absolute Gasteiger partial charge is 0.445 e. The van der Waals surface area contributed by atoms with E-state index in [9.17, 15) is 14.7 Å². The average molecular weight is 1020 g/mol. The summed E-state index contributed by atoms with van der Waals surface area (Å²) in [6.07, 6.45) is 3.15. The molecule has 2 spiro atoms. The summed E-state index contributed by atoms with van der Waals surface area (Å²) >= 11 is 0. The lowest BCUT2D eigenvalue weighted by Gasteiger charge is -2.40. The van der Waals surface area contributed by atoms with Crippen LogP contribution in [0.1, 0.15) is 89.5 Å². The number of epoxide rings is 1. The molecule has 2 atom stereocenters. The zero-order valence-corrected chi connectivity index (χ0v) is 47.0. The van der Waals surface area contributed by atoms with E-state index < -0.39 is 22.7 Å². The van der Waals surface area contributed by atoms with Crippen LogP contribution in [0, 0.1) is 0 Å². The van der Waals surface area contributed by atoms with Crippen LogP contribution < -0.4 is 10.2 Å². The molecule has 12 nitrogen and oxygen atoms in total. The lowest BCUT2D eigenvalue weighted by molar-refractivity contribution is 0.0778. The molecule has 2 amide bonds. The van der Waals surface area contributed by atoms with Gasteiger partial charge in [0.25, 0.3) is 0 Å². The molecule has 0 saturated carbocycles. The Morgan fingerprint density at radius 1 is 0.667 bits per heavy atom. The van der Waals surface area contributed by atoms with Crippen molar-refractivity contribution >= 4 is 40.2 Å². The third-order valence-corrected chi connectivity index (χ3v) is 25.5. The molecule has 9 rings (SSSR count). The van der Waals surface area contributed by atoms with Gasteiger partial charge in [0, 0.05) is 68.0 Å². The number of amides is 2. The van der Waals surface area contributed by atoms with Crippen molar-refractivity contribution in [3.05, 3.63) is 131 Å². The van der Waals surface area contributed by atoms with Crippen LogP contribution in [-0.4, -0.2) is 122 Å². The summed E-state index contributed by atoms with van der Waals surface area (Å²) in [4.78, 5) is 31.0. The minimum absolute atomic E-state index is 0.00713. The molecular formula is C58H84N4O8Si2. The zero-order chi connectivity index (χ0) is 51.8. The van der Waals surface area contributed by atoms with Crippen molar-refractivity contribution in [2.45, 2.75) is 140 Å². The third kappa shape index (κ3) is 13.9. The van der Waals surface area contributed by atoms with Gasteiger partial charge in [-0.1, -0.05) is 139 Å². The Balaban J connectivity index is 0.000000180. The molecule has 0 bridgehead atoms. The number of hydrogen-bond acceptors (Lipinski definition) is 10. The Kier molecular flexibility index (Phi) is 17.8. The number of benzene rings is 4. The molecule has 2 N–H and O–H groups in total. The summed E-state index contributed by atoms with van der Waals surface area (Å²) in [6, 6.07) is 36.7. The molecule has 0 radical (unpaired) electrons. The van der Waals surface area contributed by atoms with E-state index in [-0.39, 0.29) is 28.1 Å². The van der Waals surface area contributed by atoms with Gasteiger partial charge >= 0.3 is 12.2 Å². The summed E-state index contributed by atoms with van der Waals surface area (Å²) in [6.45, 7) is 30.3. The predicted molar refractivity (Wildman–Crippen MR) is 294 cm³/mol. The van der Waals surface area contributed by atoms with E-state index in [1.807, 2.05) is 70.5 Å². The van der Waals surface area contributed by atoms with E-state index in [4.69, 9.17) is 23.1 Å². The fourth-order valence-electron chi connectivity index (χ4n) is 9.60. The van der Waals surface area contributed by atoms with Crippen LogP contribution >= 0.6 is 0 Å². The van der Waals surface area contributed by atoms with Crippen LogP contribution in [-0.2, 0) is 47.1 Å². The van der Waals surface area contributed by atoms with E-state index in [0.717, 1.165) is 76.2 Å². The second-order valence-electron chi connectivity index (χ2n) is 23.7. The number of nitrogens with zero attached hydrogens (tertiary/aromatic N) is 3. The fraction of sp³-hybridized carbons (Fsp3) is 0.552. The predicted octanol–water partition coefficient (Wildman–Crippen LogP) is 11.7. The molecule has 3 fully saturated rings. The molecule has 14 heteroatoms. The molecule has 5 aliphatic heterocycles. The van der Waals surface area contributed by atoms with Crippen LogP contribution in [0.4, 0.5) is 21.0 Å². The van der Waals surface area contributed by atoms with E-state index in [1.54, 1.807) is 0 Å². The fourth-order valence-corrected chi connectivity index (χ4v) is 11.7. The Morgan fingerprint density at radius 3 is 1.64 bits per heavy atom. The average Bonchev–Trinajstić information content (AvgIpc) is 4.08. The normalized spacial score (nSPS) is 19.2. The van der Waals surface area contributed by atoms with Gasteiger partial charge in [0.15, 0.2) is 16.6 Å². The maximum absolute atomic E-state index is 12.7. The van der Waals surface area contributed by atoms with Crippen LogP contribution in [0.15, 0.2) is 109 Å². The molecule has 72 heavy (non-hydrogen) atoms. The van der Waals surface area contributed by atoms with Gasteiger partial charge in [-0.3, -0.25) is 0 Å². The van der Waals surface area contributed by atoms with Gasteiger partial charge in [0.05, 0.1) is 25.9 Å². The van der Waals surface area contributed by atoms with Crippen LogP contribution in [0.2, 0.25) is 36.3 Å². The van der Waals surface area contributed by atoms with Crippen molar-refractivity contribution in [2.75, 3.05) is 75.9 Å². The first-order valence-corrected chi connectivity index (χ1v) is 32.1. The van der Waals surface area contributed by atoms with E-state index >= 15 is 0 Å². The summed E-state index contributed by atoms with van der Waals surface area (Å²) in [5.74, 6) is 0. The lowest BCUT2D eigenvalue weighted by Crippen LogP contribution is -2.48. The number of aliphatic hydroxyl groups excluding tert-OH is 1. The van der Waals surface area contributed by atoms with Gasteiger partial charge in [-0.15, -0.1) is 0 Å². The molecular weight excluding hydrogens is 937 g/mol. The van der Waals surface area contributed by atoms with Crippen molar-refractivity contribution in [2.24, 2.45) is 0 Å². The second kappa shape index (κ2) is 23.2. The number of aliphatic hydroxyl groups is 1. The number of fused-ring (bicyclic) bond motifs is 4. The second-order valence-corrected chi connectivity index (χ2v) is 33.3. The standard InChI is InChI=1S/C29H42N2O4Si.C20H22N2O2.C9H20O2Si/c1-28(2,3)36(4,5)35-21-24(32)19-31-22-29(25-13-9-10-14-26(25)31)15-17-30(18-16-29)27(33)34-20-23-11-7-6-8-12-23;23-19(24-14-16-6-2-1-3-7-16)22-12-10-20(11-13-22)15-21-18-9-5-4-8-17(18)20;1-9(2,3)12(4,5)11-7-8-6-10-8/h6-14,24,32H,15-22H2,1-5H3;1-9,21H,10-15H2;8H,6-7H2,1-5H3/t24-;;8-/m1.1/s1. The number of para-hydroxylation sites is 2. The maximum atomic E-state index is 12.7. The number of piperidine rings is 2. The quantitative estimate of drug-likeness (QED) is 0.105. The van der Waals surface area contributed by atoms with Gasteiger partial charge < -0.3 is 48.2 Å². The highest BCUT2D eigenvalue weighted by molar-refractivity contribution is 6.74. The van der Waals surface area contributed by atoms with Crippen LogP contribution in [0.25, 0.3) is 0 Å². The molecule has 3 saturated heterocycles. The van der Waals surface area contributed by atoms with E-state index in [0.29, 0.717) is 50.6 Å². The number of β-amino-alcohol motifs (C(OH)–C–C–N with tert-alkyl or cyclic N) is 1. The van der Waals surface area contributed by atoms with Crippen molar-refractivity contribution in [3.63, 3.8) is 0 Å². The molecule has 5 aliphatic rings. The summed E-state index contributed by atoms with van der Waals surface area (Å²) < 4.78 is 28.4. The summed E-state index contributed by atoms with van der Waals surface area (Å²) in [7, 11) is -3.42. The smallest absolute Gasteiger partial charge is 0.410 e. The van der Waals surface area contributed by atoms with E-state index in [1.165, 1.54) is 22.5 Å². The molecule has 0 unspecified atom stereocenters. The Labute approximate surface area is 433 Å². The number of nitrogens with one attached hydrogen (secondary N) is 1. The highest BCUT2D eigenvalue weighted by atomic mass is 28.4. The zero-order valence-electron chi connectivity index (χ0n) is 45.0. The Morgan fingerprint density at radius 2 is 1.12 bits per heavy atom. The lowest BCUT2D eigenvalue weighted by atomic mass is 9.74. The highest BCUT2D eigenvalue weighted by Gasteiger charge is 2.47. The third-order valence-electron chi connectivity index (χ3n) is 16.5. The first kappa shape index (κ1) is 55.1. The SMILES string of the molecule is CC(C)(C)[Si](C)(C)OC[C@H](O)CN1CC2(CCN(C(=O)OCc3ccccc3)CC2)c2ccccc21.CC(C)(C)[Si](C)(C)OC[C@H]1CO1.O=C(OCc1ccccc1)N1CCC2(CC1)CNc1ccccc12. The van der Waals surface area contributed by atoms with Gasteiger partial charge in [0.2, 0.25) is 0 Å². The Hall–Kier alpha value is -4.71.